The molecular formula is C14H19N3S. The third-order valence-corrected chi connectivity index (χ3v) is 3.44. The van der Waals surface area contributed by atoms with Gasteiger partial charge in [0.25, 0.3) is 0 Å². The zero-order valence-electron chi connectivity index (χ0n) is 11.1. The molecule has 18 heavy (non-hydrogen) atoms. The van der Waals surface area contributed by atoms with E-state index in [9.17, 15) is 0 Å². The van der Waals surface area contributed by atoms with Crippen molar-refractivity contribution < 1.29 is 0 Å². The first-order valence-corrected chi connectivity index (χ1v) is 7.35. The SMILES string of the molecule is CSc1ccccc1-n1ccnc1NCC(C)C. The average molecular weight is 261 g/mol. The van der Waals surface area contributed by atoms with Crippen LogP contribution in [0.2, 0.25) is 0 Å². The third-order valence-electron chi connectivity index (χ3n) is 2.65. The normalized spacial score (nSPS) is 10.9. The summed E-state index contributed by atoms with van der Waals surface area (Å²) >= 11 is 1.75. The molecule has 1 aromatic heterocycles. The highest BCUT2D eigenvalue weighted by Crippen LogP contribution is 2.25. The lowest BCUT2D eigenvalue weighted by Crippen LogP contribution is -2.12. The van der Waals surface area contributed by atoms with E-state index in [1.54, 1.807) is 11.8 Å². The number of nitrogens with zero attached hydrogens (tertiary/aromatic N) is 2. The number of para-hydroxylation sites is 1. The van der Waals surface area contributed by atoms with Gasteiger partial charge in [0, 0.05) is 23.8 Å². The van der Waals surface area contributed by atoms with Gasteiger partial charge < -0.3 is 5.32 Å². The summed E-state index contributed by atoms with van der Waals surface area (Å²) < 4.78 is 2.11. The van der Waals surface area contributed by atoms with Gasteiger partial charge in [0.2, 0.25) is 5.95 Å². The average Bonchev–Trinajstić information content (AvgIpc) is 2.84. The van der Waals surface area contributed by atoms with Crippen LogP contribution >= 0.6 is 11.8 Å². The minimum absolute atomic E-state index is 0.603. The molecule has 0 amide bonds. The third kappa shape index (κ3) is 2.88. The van der Waals surface area contributed by atoms with E-state index < -0.39 is 0 Å². The Kier molecular flexibility index (Phi) is 4.31. The molecule has 0 spiro atoms. The van der Waals surface area contributed by atoms with Crippen molar-refractivity contribution in [3.63, 3.8) is 0 Å². The fraction of sp³-hybridized carbons (Fsp3) is 0.357. The smallest absolute Gasteiger partial charge is 0.207 e. The number of benzene rings is 1. The van der Waals surface area contributed by atoms with E-state index in [4.69, 9.17) is 0 Å². The van der Waals surface area contributed by atoms with Gasteiger partial charge >= 0.3 is 0 Å². The van der Waals surface area contributed by atoms with Crippen LogP contribution in [0.3, 0.4) is 0 Å². The van der Waals surface area contributed by atoms with Crippen LogP contribution in [0.5, 0.6) is 0 Å². The molecule has 0 atom stereocenters. The van der Waals surface area contributed by atoms with Crippen LogP contribution in [0, 0.1) is 5.92 Å². The lowest BCUT2D eigenvalue weighted by atomic mass is 10.2. The van der Waals surface area contributed by atoms with Crippen molar-refractivity contribution in [3.8, 4) is 5.69 Å². The molecule has 1 N–H and O–H groups in total. The van der Waals surface area contributed by atoms with Gasteiger partial charge in [-0.1, -0.05) is 26.0 Å². The molecule has 0 aliphatic rings. The highest BCUT2D eigenvalue weighted by Gasteiger charge is 2.08. The Morgan fingerprint density at radius 3 is 2.83 bits per heavy atom. The number of anilines is 1. The zero-order valence-corrected chi connectivity index (χ0v) is 11.9. The van der Waals surface area contributed by atoms with Crippen LogP contribution in [0.15, 0.2) is 41.6 Å². The van der Waals surface area contributed by atoms with E-state index in [2.05, 4.69) is 59.2 Å². The van der Waals surface area contributed by atoms with Crippen LogP contribution in [-0.4, -0.2) is 22.4 Å². The molecule has 1 heterocycles. The van der Waals surface area contributed by atoms with Crippen molar-refractivity contribution in [2.24, 2.45) is 5.92 Å². The molecule has 2 rings (SSSR count). The van der Waals surface area contributed by atoms with E-state index in [0.29, 0.717) is 5.92 Å². The lowest BCUT2D eigenvalue weighted by molar-refractivity contribution is 0.683. The van der Waals surface area contributed by atoms with Gasteiger partial charge in [-0.05, 0) is 24.3 Å². The maximum atomic E-state index is 4.38. The Balaban J connectivity index is 2.30. The fourth-order valence-corrected chi connectivity index (χ4v) is 2.34. The molecule has 2 aromatic rings. The zero-order chi connectivity index (χ0) is 13.0. The van der Waals surface area contributed by atoms with Crippen molar-refractivity contribution >= 4 is 17.7 Å². The van der Waals surface area contributed by atoms with Gasteiger partial charge in [-0.15, -0.1) is 11.8 Å². The highest BCUT2D eigenvalue weighted by molar-refractivity contribution is 7.98. The number of aromatic nitrogens is 2. The predicted molar refractivity (Wildman–Crippen MR) is 78.7 cm³/mol. The van der Waals surface area contributed by atoms with E-state index in [1.807, 2.05) is 12.4 Å². The highest BCUT2D eigenvalue weighted by atomic mass is 32.2. The van der Waals surface area contributed by atoms with E-state index in [0.717, 1.165) is 12.5 Å². The Hall–Kier alpha value is -1.42. The first-order chi connectivity index (χ1) is 8.72. The quantitative estimate of drug-likeness (QED) is 0.833. The van der Waals surface area contributed by atoms with Crippen molar-refractivity contribution in [2.75, 3.05) is 18.1 Å². The number of imidazole rings is 1. The molecule has 0 fully saturated rings. The molecule has 0 aliphatic heterocycles. The van der Waals surface area contributed by atoms with Gasteiger partial charge in [-0.2, -0.15) is 0 Å². The predicted octanol–water partition coefficient (Wildman–Crippen LogP) is 3.66. The molecule has 0 saturated heterocycles. The summed E-state index contributed by atoms with van der Waals surface area (Å²) in [5.41, 5.74) is 1.17. The molecule has 1 aromatic carbocycles. The van der Waals surface area contributed by atoms with Crippen molar-refractivity contribution in [3.05, 3.63) is 36.7 Å². The maximum absolute atomic E-state index is 4.38. The van der Waals surface area contributed by atoms with E-state index in [-0.39, 0.29) is 0 Å². The van der Waals surface area contributed by atoms with E-state index >= 15 is 0 Å². The minimum atomic E-state index is 0.603. The molecular weight excluding hydrogens is 242 g/mol. The summed E-state index contributed by atoms with van der Waals surface area (Å²) in [6.07, 6.45) is 5.93. The van der Waals surface area contributed by atoms with Crippen LogP contribution in [0.25, 0.3) is 5.69 Å². The summed E-state index contributed by atoms with van der Waals surface area (Å²) in [5, 5.41) is 3.39. The molecule has 0 radical (unpaired) electrons. The van der Waals surface area contributed by atoms with Crippen LogP contribution in [0.4, 0.5) is 5.95 Å². The maximum Gasteiger partial charge on any atom is 0.207 e. The molecule has 3 nitrogen and oxygen atoms in total. The number of hydrogen-bond acceptors (Lipinski definition) is 3. The van der Waals surface area contributed by atoms with Gasteiger partial charge in [0.15, 0.2) is 0 Å². The summed E-state index contributed by atoms with van der Waals surface area (Å²) in [7, 11) is 0. The topological polar surface area (TPSA) is 29.9 Å². The second kappa shape index (κ2) is 5.96. The Labute approximate surface area is 113 Å². The molecule has 0 saturated carbocycles. The Bertz CT molecular complexity index is 505. The fourth-order valence-electron chi connectivity index (χ4n) is 1.75. The summed E-state index contributed by atoms with van der Waals surface area (Å²) in [5.74, 6) is 1.51. The van der Waals surface area contributed by atoms with Gasteiger partial charge in [0.1, 0.15) is 0 Å². The van der Waals surface area contributed by atoms with Gasteiger partial charge in [-0.3, -0.25) is 4.57 Å². The van der Waals surface area contributed by atoms with Crippen LogP contribution < -0.4 is 5.32 Å². The molecule has 0 aliphatic carbocycles. The Morgan fingerprint density at radius 1 is 1.33 bits per heavy atom. The molecule has 4 heteroatoms. The number of thioether (sulfide) groups is 1. The van der Waals surface area contributed by atoms with Gasteiger partial charge in [-0.25, -0.2) is 4.98 Å². The molecule has 0 unspecified atom stereocenters. The number of hydrogen-bond donors (Lipinski definition) is 1. The van der Waals surface area contributed by atoms with Crippen molar-refractivity contribution in [2.45, 2.75) is 18.7 Å². The largest absolute Gasteiger partial charge is 0.355 e. The summed E-state index contributed by atoms with van der Waals surface area (Å²) in [6.45, 7) is 5.31. The van der Waals surface area contributed by atoms with Crippen molar-refractivity contribution in [1.82, 2.24) is 9.55 Å². The lowest BCUT2D eigenvalue weighted by Gasteiger charge is -2.13. The minimum Gasteiger partial charge on any atom is -0.355 e. The molecule has 0 bridgehead atoms. The first kappa shape index (κ1) is 13.0. The Morgan fingerprint density at radius 2 is 2.11 bits per heavy atom. The monoisotopic (exact) mass is 261 g/mol. The number of nitrogens with one attached hydrogen (secondary N) is 1. The van der Waals surface area contributed by atoms with E-state index in [1.165, 1.54) is 10.6 Å². The van der Waals surface area contributed by atoms with Crippen LogP contribution in [0.1, 0.15) is 13.8 Å². The second-order valence-corrected chi connectivity index (χ2v) is 5.42. The van der Waals surface area contributed by atoms with Gasteiger partial charge in [0.05, 0.1) is 5.69 Å². The summed E-state index contributed by atoms with van der Waals surface area (Å²) in [6, 6.07) is 8.37. The number of rotatable bonds is 5. The van der Waals surface area contributed by atoms with Crippen molar-refractivity contribution in [1.29, 1.82) is 0 Å². The standard InChI is InChI=1S/C14H19N3S/c1-11(2)10-16-14-15-8-9-17(14)12-6-4-5-7-13(12)18-3/h4-9,11H,10H2,1-3H3,(H,15,16). The van der Waals surface area contributed by atoms with Crippen LogP contribution in [-0.2, 0) is 0 Å². The summed E-state index contributed by atoms with van der Waals surface area (Å²) in [4.78, 5) is 5.64. The molecule has 96 valence electrons. The first-order valence-electron chi connectivity index (χ1n) is 6.13. The second-order valence-electron chi connectivity index (χ2n) is 4.57.